The third-order valence-corrected chi connectivity index (χ3v) is 6.86. The van der Waals surface area contributed by atoms with Crippen LogP contribution in [0, 0.1) is 0 Å². The Bertz CT molecular complexity index is 1270. The molecule has 3 heterocycles. The van der Waals surface area contributed by atoms with Crippen molar-refractivity contribution in [2.24, 2.45) is 5.10 Å². The Morgan fingerprint density at radius 3 is 2.53 bits per heavy atom. The minimum absolute atomic E-state index is 0.131. The summed E-state index contributed by atoms with van der Waals surface area (Å²) in [6.45, 7) is 1.98. The lowest BCUT2D eigenvalue weighted by Gasteiger charge is -2.24. The smallest absolute Gasteiger partial charge is 0.229 e. The molecule has 0 bridgehead atoms. The average Bonchev–Trinajstić information content (AvgIpc) is 3.53. The summed E-state index contributed by atoms with van der Waals surface area (Å²) in [7, 11) is 6.30. The van der Waals surface area contributed by atoms with Crippen LogP contribution in [0.5, 0.6) is 0 Å². The molecule has 8 heteroatoms. The second kappa shape index (κ2) is 9.79. The van der Waals surface area contributed by atoms with Gasteiger partial charge in [0.15, 0.2) is 5.82 Å². The molecule has 1 atom stereocenters. The Hall–Kier alpha value is -3.49. The molecule has 174 valence electrons. The number of benzene rings is 2. The largest absolute Gasteiger partial charge is 0.373 e. The van der Waals surface area contributed by atoms with Gasteiger partial charge in [0.25, 0.3) is 0 Å². The van der Waals surface area contributed by atoms with Crippen molar-refractivity contribution in [3.63, 3.8) is 0 Å². The highest BCUT2D eigenvalue weighted by Gasteiger charge is 2.27. The standard InChI is InChI=1S/C26H29N7S/c1-31(2)16-17-32(3)21-11-9-20(10-12-21)28-26-29-22-14-18-34-24(22)25(30-26)33-23(13-15-27-33)19-7-5-4-6-8-19/h4-12,14-15,18,23H,13,16-17H2,1-3H3,(H,28,29,30). The van der Waals surface area contributed by atoms with E-state index >= 15 is 0 Å². The second-order valence-electron chi connectivity index (χ2n) is 8.71. The van der Waals surface area contributed by atoms with Gasteiger partial charge < -0.3 is 15.1 Å². The van der Waals surface area contributed by atoms with Gasteiger partial charge >= 0.3 is 0 Å². The Kier molecular flexibility index (Phi) is 6.42. The molecule has 0 amide bonds. The molecule has 2 aromatic carbocycles. The fraction of sp³-hybridized carbons (Fsp3) is 0.269. The lowest BCUT2D eigenvalue weighted by molar-refractivity contribution is 0.416. The number of nitrogens with zero attached hydrogens (tertiary/aromatic N) is 6. The van der Waals surface area contributed by atoms with Crippen LogP contribution < -0.4 is 15.2 Å². The SMILES string of the molecule is CN(C)CCN(C)c1ccc(Nc2nc(N3N=CCC3c3ccccc3)c3sccc3n2)cc1. The minimum Gasteiger partial charge on any atom is -0.373 e. The van der Waals surface area contributed by atoms with E-state index in [0.717, 1.165) is 41.2 Å². The monoisotopic (exact) mass is 471 g/mol. The number of aromatic nitrogens is 2. The number of likely N-dealkylation sites (N-methyl/N-ethyl adjacent to an activating group) is 2. The topological polar surface area (TPSA) is 59.9 Å². The highest BCUT2D eigenvalue weighted by molar-refractivity contribution is 7.17. The van der Waals surface area contributed by atoms with Crippen molar-refractivity contribution in [2.75, 3.05) is 49.5 Å². The van der Waals surface area contributed by atoms with Gasteiger partial charge in [-0.3, -0.25) is 0 Å². The van der Waals surface area contributed by atoms with Crippen molar-refractivity contribution in [3.8, 4) is 0 Å². The molecule has 0 saturated heterocycles. The first-order valence-electron chi connectivity index (χ1n) is 11.4. The molecule has 0 spiro atoms. The summed E-state index contributed by atoms with van der Waals surface area (Å²) in [6, 6.07) is 21.0. The molecule has 1 aliphatic heterocycles. The van der Waals surface area contributed by atoms with E-state index in [2.05, 4.69) is 90.2 Å². The van der Waals surface area contributed by atoms with E-state index in [-0.39, 0.29) is 6.04 Å². The molecule has 0 fully saturated rings. The van der Waals surface area contributed by atoms with Gasteiger partial charge in [0.1, 0.15) is 0 Å². The maximum atomic E-state index is 4.92. The second-order valence-corrected chi connectivity index (χ2v) is 9.62. The molecule has 1 aliphatic rings. The zero-order valence-corrected chi connectivity index (χ0v) is 20.5. The number of hydrogen-bond acceptors (Lipinski definition) is 8. The van der Waals surface area contributed by atoms with E-state index in [9.17, 15) is 0 Å². The van der Waals surface area contributed by atoms with Crippen molar-refractivity contribution in [1.29, 1.82) is 0 Å². The summed E-state index contributed by atoms with van der Waals surface area (Å²) in [4.78, 5) is 14.1. The Morgan fingerprint density at radius 2 is 1.76 bits per heavy atom. The highest BCUT2D eigenvalue weighted by Crippen LogP contribution is 2.38. The molecule has 1 N–H and O–H groups in total. The van der Waals surface area contributed by atoms with E-state index in [4.69, 9.17) is 15.1 Å². The Labute approximate surface area is 204 Å². The van der Waals surface area contributed by atoms with Crippen LogP contribution in [0.1, 0.15) is 18.0 Å². The summed E-state index contributed by atoms with van der Waals surface area (Å²) in [5, 5.41) is 12.2. The molecular weight excluding hydrogens is 442 g/mol. The van der Waals surface area contributed by atoms with E-state index in [1.165, 1.54) is 11.3 Å². The number of rotatable bonds is 8. The van der Waals surface area contributed by atoms with E-state index in [1.807, 2.05) is 23.4 Å². The first kappa shape index (κ1) is 22.3. The molecule has 2 aromatic heterocycles. The first-order chi connectivity index (χ1) is 16.6. The van der Waals surface area contributed by atoms with Crippen LogP contribution in [0.25, 0.3) is 10.2 Å². The predicted molar refractivity (Wildman–Crippen MR) is 144 cm³/mol. The third kappa shape index (κ3) is 4.73. The normalized spacial score (nSPS) is 15.4. The van der Waals surface area contributed by atoms with Gasteiger partial charge in [0.2, 0.25) is 5.95 Å². The van der Waals surface area contributed by atoms with Gasteiger partial charge in [-0.05, 0) is 55.4 Å². The van der Waals surface area contributed by atoms with Gasteiger partial charge in [-0.1, -0.05) is 30.3 Å². The average molecular weight is 472 g/mol. The first-order valence-corrected chi connectivity index (χ1v) is 12.3. The minimum atomic E-state index is 0.131. The maximum absolute atomic E-state index is 4.92. The number of hydrazone groups is 1. The Morgan fingerprint density at radius 1 is 0.971 bits per heavy atom. The zero-order chi connectivity index (χ0) is 23.5. The number of hydrogen-bond donors (Lipinski definition) is 1. The summed E-state index contributed by atoms with van der Waals surface area (Å²) < 4.78 is 1.04. The van der Waals surface area contributed by atoms with Gasteiger partial charge in [-0.2, -0.15) is 10.1 Å². The van der Waals surface area contributed by atoms with Crippen LogP contribution in [0.3, 0.4) is 0 Å². The van der Waals surface area contributed by atoms with Gasteiger partial charge in [0, 0.05) is 44.1 Å². The predicted octanol–water partition coefficient (Wildman–Crippen LogP) is 5.37. The summed E-state index contributed by atoms with van der Waals surface area (Å²) >= 11 is 1.65. The molecule has 7 nitrogen and oxygen atoms in total. The molecule has 1 unspecified atom stereocenters. The molecule has 34 heavy (non-hydrogen) atoms. The molecule has 0 radical (unpaired) electrons. The fourth-order valence-electron chi connectivity index (χ4n) is 4.04. The Balaban J connectivity index is 1.40. The van der Waals surface area contributed by atoms with Crippen LogP contribution in [0.2, 0.25) is 0 Å². The van der Waals surface area contributed by atoms with Crippen molar-refractivity contribution in [1.82, 2.24) is 14.9 Å². The number of fused-ring (bicyclic) bond motifs is 1. The summed E-state index contributed by atoms with van der Waals surface area (Å²) in [6.07, 6.45) is 2.82. The highest BCUT2D eigenvalue weighted by atomic mass is 32.1. The van der Waals surface area contributed by atoms with Crippen LogP contribution >= 0.6 is 11.3 Å². The van der Waals surface area contributed by atoms with Crippen molar-refractivity contribution in [3.05, 3.63) is 71.6 Å². The summed E-state index contributed by atoms with van der Waals surface area (Å²) in [5.41, 5.74) is 4.28. The van der Waals surface area contributed by atoms with Crippen LogP contribution in [0.15, 0.2) is 71.1 Å². The molecular formula is C26H29N7S. The zero-order valence-electron chi connectivity index (χ0n) is 19.7. The fourth-order valence-corrected chi connectivity index (χ4v) is 4.85. The number of anilines is 4. The van der Waals surface area contributed by atoms with Gasteiger partial charge in [-0.25, -0.2) is 9.99 Å². The van der Waals surface area contributed by atoms with E-state index < -0.39 is 0 Å². The van der Waals surface area contributed by atoms with Crippen molar-refractivity contribution < 1.29 is 0 Å². The van der Waals surface area contributed by atoms with Gasteiger partial charge in [0.05, 0.1) is 16.3 Å². The molecule has 0 aliphatic carbocycles. The van der Waals surface area contributed by atoms with Crippen molar-refractivity contribution >= 4 is 50.9 Å². The van der Waals surface area contributed by atoms with Crippen LogP contribution in [0.4, 0.5) is 23.1 Å². The molecule has 4 aromatic rings. The van der Waals surface area contributed by atoms with E-state index in [0.29, 0.717) is 5.95 Å². The van der Waals surface area contributed by atoms with Gasteiger partial charge in [-0.15, -0.1) is 11.3 Å². The van der Waals surface area contributed by atoms with E-state index in [1.54, 1.807) is 11.3 Å². The maximum Gasteiger partial charge on any atom is 0.229 e. The van der Waals surface area contributed by atoms with Crippen LogP contribution in [-0.4, -0.2) is 55.3 Å². The third-order valence-electron chi connectivity index (χ3n) is 5.96. The molecule has 5 rings (SSSR count). The van der Waals surface area contributed by atoms with Crippen molar-refractivity contribution in [2.45, 2.75) is 12.5 Å². The number of thiophene rings is 1. The van der Waals surface area contributed by atoms with Crippen LogP contribution in [-0.2, 0) is 0 Å². The lowest BCUT2D eigenvalue weighted by Crippen LogP contribution is -2.28. The quantitative estimate of drug-likeness (QED) is 0.373. The molecule has 0 saturated carbocycles. The lowest BCUT2D eigenvalue weighted by atomic mass is 10.0. The number of nitrogens with one attached hydrogen (secondary N) is 1. The summed E-state index contributed by atoms with van der Waals surface area (Å²) in [5.74, 6) is 1.41.